The molecule has 0 aliphatic carbocycles. The molecule has 0 aliphatic heterocycles. The van der Waals surface area contributed by atoms with Gasteiger partial charge in [-0.15, -0.1) is 11.3 Å². The number of hydrogen-bond acceptors (Lipinski definition) is 3. The molecule has 0 fully saturated rings. The first-order chi connectivity index (χ1) is 9.66. The van der Waals surface area contributed by atoms with Crippen LogP contribution in [0.1, 0.15) is 15.2 Å². The Balaban J connectivity index is 1.75. The summed E-state index contributed by atoms with van der Waals surface area (Å²) in [4.78, 5) is 24.0. The summed E-state index contributed by atoms with van der Waals surface area (Å²) in [6.45, 7) is 0.425. The second-order valence-electron chi connectivity index (χ2n) is 4.04. The molecular weight excluding hydrogens is 340 g/mol. The van der Waals surface area contributed by atoms with E-state index in [1.54, 1.807) is 6.07 Å². The van der Waals surface area contributed by atoms with Crippen LogP contribution in [0.3, 0.4) is 0 Å². The SMILES string of the molecule is O=C(CNC(=O)c1sccc1Br)NCc1ccccc1. The van der Waals surface area contributed by atoms with E-state index in [-0.39, 0.29) is 18.4 Å². The first kappa shape index (κ1) is 14.7. The highest BCUT2D eigenvalue weighted by Gasteiger charge is 2.12. The number of benzene rings is 1. The Kier molecular flexibility index (Phi) is 5.31. The van der Waals surface area contributed by atoms with Crippen LogP contribution in [0.15, 0.2) is 46.3 Å². The van der Waals surface area contributed by atoms with E-state index < -0.39 is 0 Å². The summed E-state index contributed by atoms with van der Waals surface area (Å²) in [6, 6.07) is 11.4. The van der Waals surface area contributed by atoms with Gasteiger partial charge in [0.15, 0.2) is 0 Å². The lowest BCUT2D eigenvalue weighted by Crippen LogP contribution is -2.36. The third-order valence-corrected chi connectivity index (χ3v) is 4.40. The molecule has 0 atom stereocenters. The zero-order valence-electron chi connectivity index (χ0n) is 10.6. The largest absolute Gasteiger partial charge is 0.350 e. The van der Waals surface area contributed by atoms with Gasteiger partial charge < -0.3 is 10.6 Å². The van der Waals surface area contributed by atoms with Crippen molar-refractivity contribution in [2.45, 2.75) is 6.54 Å². The first-order valence-corrected chi connectivity index (χ1v) is 7.66. The molecule has 2 amide bonds. The lowest BCUT2D eigenvalue weighted by molar-refractivity contribution is -0.120. The van der Waals surface area contributed by atoms with Crippen LogP contribution in [0, 0.1) is 0 Å². The molecule has 1 heterocycles. The molecule has 2 N–H and O–H groups in total. The first-order valence-electron chi connectivity index (χ1n) is 5.98. The van der Waals surface area contributed by atoms with E-state index in [1.165, 1.54) is 11.3 Å². The fraction of sp³-hybridized carbons (Fsp3) is 0.143. The maximum absolute atomic E-state index is 11.8. The maximum Gasteiger partial charge on any atom is 0.262 e. The highest BCUT2D eigenvalue weighted by Crippen LogP contribution is 2.22. The quantitative estimate of drug-likeness (QED) is 0.868. The third-order valence-electron chi connectivity index (χ3n) is 2.57. The summed E-state index contributed by atoms with van der Waals surface area (Å²) < 4.78 is 0.740. The van der Waals surface area contributed by atoms with E-state index in [9.17, 15) is 9.59 Å². The zero-order chi connectivity index (χ0) is 14.4. The van der Waals surface area contributed by atoms with Crippen molar-refractivity contribution in [3.05, 3.63) is 56.7 Å². The van der Waals surface area contributed by atoms with Gasteiger partial charge in [0.2, 0.25) is 5.91 Å². The van der Waals surface area contributed by atoms with Crippen molar-refractivity contribution >= 4 is 39.1 Å². The summed E-state index contributed by atoms with van der Waals surface area (Å²) in [7, 11) is 0. The van der Waals surface area contributed by atoms with Gasteiger partial charge in [-0.1, -0.05) is 30.3 Å². The molecule has 1 aromatic carbocycles. The lowest BCUT2D eigenvalue weighted by Gasteiger charge is -2.06. The van der Waals surface area contributed by atoms with Crippen LogP contribution >= 0.6 is 27.3 Å². The second-order valence-corrected chi connectivity index (χ2v) is 5.81. The Morgan fingerprint density at radius 2 is 1.85 bits per heavy atom. The average Bonchev–Trinajstić information content (AvgIpc) is 2.90. The van der Waals surface area contributed by atoms with Crippen molar-refractivity contribution in [1.82, 2.24) is 10.6 Å². The minimum atomic E-state index is -0.248. The molecule has 0 bridgehead atoms. The summed E-state index contributed by atoms with van der Waals surface area (Å²) in [5.41, 5.74) is 1.02. The molecule has 1 aromatic heterocycles. The van der Waals surface area contributed by atoms with Gasteiger partial charge in [-0.2, -0.15) is 0 Å². The molecule has 0 aliphatic rings. The highest BCUT2D eigenvalue weighted by molar-refractivity contribution is 9.10. The average molecular weight is 353 g/mol. The van der Waals surface area contributed by atoms with Crippen molar-refractivity contribution < 1.29 is 9.59 Å². The zero-order valence-corrected chi connectivity index (χ0v) is 13.0. The van der Waals surface area contributed by atoms with Crippen LogP contribution in [-0.2, 0) is 11.3 Å². The number of halogens is 1. The van der Waals surface area contributed by atoms with E-state index in [4.69, 9.17) is 0 Å². The minimum absolute atomic E-state index is 0.0317. The Hall–Kier alpha value is -1.66. The van der Waals surface area contributed by atoms with Crippen LogP contribution in [-0.4, -0.2) is 18.4 Å². The molecule has 0 saturated carbocycles. The number of rotatable bonds is 5. The van der Waals surface area contributed by atoms with Crippen LogP contribution in [0.2, 0.25) is 0 Å². The summed E-state index contributed by atoms with van der Waals surface area (Å²) in [6.07, 6.45) is 0. The number of hydrogen-bond donors (Lipinski definition) is 2. The topological polar surface area (TPSA) is 58.2 Å². The number of amides is 2. The minimum Gasteiger partial charge on any atom is -0.350 e. The van der Waals surface area contributed by atoms with Crippen molar-refractivity contribution in [3.8, 4) is 0 Å². The Bertz CT molecular complexity index is 598. The van der Waals surface area contributed by atoms with Gasteiger partial charge in [-0.25, -0.2) is 0 Å². The molecule has 20 heavy (non-hydrogen) atoms. The molecule has 0 saturated heterocycles. The van der Waals surface area contributed by atoms with Crippen LogP contribution in [0.5, 0.6) is 0 Å². The standard InChI is InChI=1S/C14H13BrN2O2S/c15-11-6-7-20-13(11)14(19)17-9-12(18)16-8-10-4-2-1-3-5-10/h1-7H,8-9H2,(H,16,18)(H,17,19). The summed E-state index contributed by atoms with van der Waals surface area (Å²) in [5.74, 6) is -0.461. The predicted molar refractivity (Wildman–Crippen MR) is 82.6 cm³/mol. The second kappa shape index (κ2) is 7.21. The van der Waals surface area contributed by atoms with E-state index in [0.717, 1.165) is 10.0 Å². The van der Waals surface area contributed by atoms with E-state index in [0.29, 0.717) is 11.4 Å². The fourth-order valence-corrected chi connectivity index (χ4v) is 3.02. The van der Waals surface area contributed by atoms with Gasteiger partial charge in [0.1, 0.15) is 4.88 Å². The molecule has 4 nitrogen and oxygen atoms in total. The van der Waals surface area contributed by atoms with Gasteiger partial charge in [-0.05, 0) is 32.9 Å². The van der Waals surface area contributed by atoms with Crippen molar-refractivity contribution in [2.24, 2.45) is 0 Å². The highest BCUT2D eigenvalue weighted by atomic mass is 79.9. The van der Waals surface area contributed by atoms with Gasteiger partial charge >= 0.3 is 0 Å². The Labute approximate surface area is 129 Å². The molecule has 2 rings (SSSR count). The van der Waals surface area contributed by atoms with Gasteiger partial charge in [-0.3, -0.25) is 9.59 Å². The number of thiophene rings is 1. The number of nitrogens with one attached hydrogen (secondary N) is 2. The van der Waals surface area contributed by atoms with Crippen LogP contribution < -0.4 is 10.6 Å². The predicted octanol–water partition coefficient (Wildman–Crippen LogP) is 2.56. The summed E-state index contributed by atoms with van der Waals surface area (Å²) in [5, 5.41) is 7.16. The molecule has 6 heteroatoms. The van der Waals surface area contributed by atoms with E-state index >= 15 is 0 Å². The molecular formula is C14H13BrN2O2S. The van der Waals surface area contributed by atoms with Crippen molar-refractivity contribution in [2.75, 3.05) is 6.54 Å². The fourth-order valence-electron chi connectivity index (χ4n) is 1.56. The molecule has 104 valence electrons. The normalized spacial score (nSPS) is 10.1. The number of carbonyl (C=O) groups is 2. The van der Waals surface area contributed by atoms with Crippen molar-refractivity contribution in [1.29, 1.82) is 0 Å². The van der Waals surface area contributed by atoms with Crippen molar-refractivity contribution in [3.63, 3.8) is 0 Å². The molecule has 0 spiro atoms. The van der Waals surface area contributed by atoms with Gasteiger partial charge in [0.05, 0.1) is 6.54 Å². The van der Waals surface area contributed by atoms with Crippen LogP contribution in [0.4, 0.5) is 0 Å². The lowest BCUT2D eigenvalue weighted by atomic mass is 10.2. The van der Waals surface area contributed by atoms with Crippen LogP contribution in [0.25, 0.3) is 0 Å². The van der Waals surface area contributed by atoms with E-state index in [1.807, 2.05) is 35.7 Å². The van der Waals surface area contributed by atoms with Gasteiger partial charge in [0, 0.05) is 11.0 Å². The Morgan fingerprint density at radius 3 is 2.50 bits per heavy atom. The van der Waals surface area contributed by atoms with E-state index in [2.05, 4.69) is 26.6 Å². The maximum atomic E-state index is 11.8. The Morgan fingerprint density at radius 1 is 1.10 bits per heavy atom. The summed E-state index contributed by atoms with van der Waals surface area (Å²) >= 11 is 4.61. The third kappa shape index (κ3) is 4.18. The van der Waals surface area contributed by atoms with Gasteiger partial charge in [0.25, 0.3) is 5.91 Å². The smallest absolute Gasteiger partial charge is 0.262 e. The molecule has 2 aromatic rings. The molecule has 0 radical (unpaired) electrons. The molecule has 0 unspecified atom stereocenters. The monoisotopic (exact) mass is 352 g/mol. The number of carbonyl (C=O) groups excluding carboxylic acids is 2.